The van der Waals surface area contributed by atoms with E-state index in [1.807, 2.05) is 29.1 Å². The molecule has 0 amide bonds. The van der Waals surface area contributed by atoms with Crippen LogP contribution in [0.5, 0.6) is 0 Å². The maximum Gasteiger partial charge on any atom is 0.176 e. The summed E-state index contributed by atoms with van der Waals surface area (Å²) in [5.74, 6) is 0.911. The first kappa shape index (κ1) is 13.4. The summed E-state index contributed by atoms with van der Waals surface area (Å²) in [7, 11) is 0. The topological polar surface area (TPSA) is 35.1 Å². The highest BCUT2D eigenvalue weighted by Crippen LogP contribution is 2.23. The van der Waals surface area contributed by atoms with Crippen molar-refractivity contribution in [3.63, 3.8) is 0 Å². The van der Waals surface area contributed by atoms with E-state index in [0.29, 0.717) is 0 Å². The summed E-state index contributed by atoms with van der Waals surface area (Å²) in [4.78, 5) is 4.74. The molecule has 0 saturated heterocycles. The number of rotatable bonds is 3. The van der Waals surface area contributed by atoms with E-state index in [-0.39, 0.29) is 0 Å². The molecule has 0 unspecified atom stereocenters. The van der Waals surface area contributed by atoms with Crippen molar-refractivity contribution in [1.82, 2.24) is 19.2 Å². The Balaban J connectivity index is 2.29. The molecule has 0 N–H and O–H groups in total. The normalized spacial score (nSPS) is 11.4. The molecule has 0 radical (unpaired) electrons. The third-order valence-electron chi connectivity index (χ3n) is 3.73. The summed E-state index contributed by atoms with van der Waals surface area (Å²) in [6.07, 6.45) is 3.03. The molecule has 4 nitrogen and oxygen atoms in total. The van der Waals surface area contributed by atoms with Crippen LogP contribution in [-0.2, 0) is 11.8 Å². The predicted octanol–water partition coefficient (Wildman–Crippen LogP) is 3.59. The number of fused-ring (bicyclic) bond motifs is 1. The number of aryl methyl sites for hydroxylation is 1. The van der Waals surface area contributed by atoms with E-state index in [1.165, 1.54) is 11.3 Å². The van der Waals surface area contributed by atoms with Crippen molar-refractivity contribution in [2.24, 2.45) is 0 Å². The molecule has 20 heavy (non-hydrogen) atoms. The fourth-order valence-electron chi connectivity index (χ4n) is 2.72. The minimum Gasteiger partial charge on any atom is -0.301 e. The van der Waals surface area contributed by atoms with Crippen molar-refractivity contribution in [2.75, 3.05) is 0 Å². The number of nitrogens with zero attached hydrogens (tertiary/aromatic N) is 4. The number of aromatic nitrogens is 4. The summed E-state index contributed by atoms with van der Waals surface area (Å²) >= 11 is 3.57. The smallest absolute Gasteiger partial charge is 0.176 e. The van der Waals surface area contributed by atoms with Gasteiger partial charge in [0.2, 0.25) is 0 Å². The Hall–Kier alpha value is -1.62. The van der Waals surface area contributed by atoms with Crippen LogP contribution in [0.15, 0.2) is 24.4 Å². The second-order valence-corrected chi connectivity index (χ2v) is 5.42. The highest BCUT2D eigenvalue weighted by molar-refractivity contribution is 9.08. The lowest BCUT2D eigenvalue weighted by Crippen LogP contribution is -2.03. The van der Waals surface area contributed by atoms with Crippen LogP contribution in [0, 0.1) is 13.8 Å². The number of halogens is 1. The van der Waals surface area contributed by atoms with Crippen molar-refractivity contribution in [3.8, 4) is 5.82 Å². The van der Waals surface area contributed by atoms with Crippen LogP contribution in [-0.4, -0.2) is 19.2 Å². The first-order valence-corrected chi connectivity index (χ1v) is 7.87. The quantitative estimate of drug-likeness (QED) is 0.687. The summed E-state index contributed by atoms with van der Waals surface area (Å²) in [5, 5.41) is 5.42. The average Bonchev–Trinajstić information content (AvgIpc) is 2.95. The number of alkyl halides is 1. The van der Waals surface area contributed by atoms with E-state index in [9.17, 15) is 0 Å². The zero-order valence-electron chi connectivity index (χ0n) is 11.9. The Morgan fingerprint density at radius 3 is 2.70 bits per heavy atom. The van der Waals surface area contributed by atoms with Crippen LogP contribution in [0.2, 0.25) is 0 Å². The minimum atomic E-state index is 0.743. The molecule has 0 aromatic carbocycles. The van der Waals surface area contributed by atoms with Crippen LogP contribution in [0.25, 0.3) is 11.5 Å². The average molecular weight is 333 g/mol. The van der Waals surface area contributed by atoms with Gasteiger partial charge in [-0.1, -0.05) is 28.9 Å². The molecular formula is C15H17BrN4. The van der Waals surface area contributed by atoms with Gasteiger partial charge in [-0.15, -0.1) is 0 Å². The lowest BCUT2D eigenvalue weighted by Gasteiger charge is -2.04. The molecule has 0 spiro atoms. The van der Waals surface area contributed by atoms with E-state index in [0.717, 1.165) is 34.6 Å². The van der Waals surface area contributed by atoms with Crippen LogP contribution in [0.3, 0.4) is 0 Å². The summed E-state index contributed by atoms with van der Waals surface area (Å²) < 4.78 is 4.07. The Bertz CT molecular complexity index is 770. The van der Waals surface area contributed by atoms with Gasteiger partial charge in [-0.3, -0.25) is 0 Å². The zero-order chi connectivity index (χ0) is 14.3. The highest BCUT2D eigenvalue weighted by Gasteiger charge is 2.18. The third kappa shape index (κ3) is 1.88. The number of imidazole rings is 1. The maximum absolute atomic E-state index is 4.74. The van der Waals surface area contributed by atoms with Gasteiger partial charge in [0.15, 0.2) is 5.82 Å². The SMILES string of the molecule is CCc1c(C)nn(-c2nc3ccccn3c2CBr)c1C. The summed E-state index contributed by atoms with van der Waals surface area (Å²) in [6.45, 7) is 6.34. The largest absolute Gasteiger partial charge is 0.301 e. The van der Waals surface area contributed by atoms with E-state index in [2.05, 4.69) is 46.2 Å². The van der Waals surface area contributed by atoms with Crippen LogP contribution in [0.1, 0.15) is 29.6 Å². The summed E-state index contributed by atoms with van der Waals surface area (Å²) in [5.41, 5.74) is 5.64. The monoisotopic (exact) mass is 332 g/mol. The molecule has 0 atom stereocenters. The first-order chi connectivity index (χ1) is 9.67. The second-order valence-electron chi connectivity index (χ2n) is 4.86. The van der Waals surface area contributed by atoms with Gasteiger partial charge < -0.3 is 4.40 Å². The fourth-order valence-corrected chi connectivity index (χ4v) is 3.24. The molecule has 104 valence electrons. The van der Waals surface area contributed by atoms with E-state index in [4.69, 9.17) is 4.98 Å². The Morgan fingerprint density at radius 1 is 1.25 bits per heavy atom. The maximum atomic E-state index is 4.74. The molecule has 0 aliphatic carbocycles. The molecule has 5 heteroatoms. The van der Waals surface area contributed by atoms with Crippen LogP contribution < -0.4 is 0 Å². The van der Waals surface area contributed by atoms with Crippen molar-refractivity contribution in [1.29, 1.82) is 0 Å². The van der Waals surface area contributed by atoms with Crippen molar-refractivity contribution in [2.45, 2.75) is 32.5 Å². The van der Waals surface area contributed by atoms with Gasteiger partial charge in [0.1, 0.15) is 5.65 Å². The molecule has 3 rings (SSSR count). The van der Waals surface area contributed by atoms with Gasteiger partial charge in [-0.05, 0) is 38.0 Å². The third-order valence-corrected chi connectivity index (χ3v) is 4.26. The zero-order valence-corrected chi connectivity index (χ0v) is 13.5. The first-order valence-electron chi connectivity index (χ1n) is 6.74. The van der Waals surface area contributed by atoms with Gasteiger partial charge >= 0.3 is 0 Å². The minimum absolute atomic E-state index is 0.743. The highest BCUT2D eigenvalue weighted by atomic mass is 79.9. The molecular weight excluding hydrogens is 316 g/mol. The van der Waals surface area contributed by atoms with Crippen molar-refractivity contribution >= 4 is 21.6 Å². The standard InChI is InChI=1S/C15H17BrN4/c1-4-12-10(2)18-20(11(12)3)15-13(9-16)19-8-6-5-7-14(19)17-15/h5-8H,4,9H2,1-3H3. The fraction of sp³-hybridized carbons (Fsp3) is 0.333. The molecule has 0 fully saturated rings. The number of pyridine rings is 1. The van der Waals surface area contributed by atoms with Crippen LogP contribution >= 0.6 is 15.9 Å². The van der Waals surface area contributed by atoms with E-state index in [1.54, 1.807) is 0 Å². The van der Waals surface area contributed by atoms with E-state index >= 15 is 0 Å². The summed E-state index contributed by atoms with van der Waals surface area (Å²) in [6, 6.07) is 6.04. The van der Waals surface area contributed by atoms with Gasteiger partial charge in [0.25, 0.3) is 0 Å². The molecule has 3 aromatic heterocycles. The van der Waals surface area contributed by atoms with Crippen molar-refractivity contribution < 1.29 is 0 Å². The molecule has 0 aliphatic heterocycles. The molecule has 0 saturated carbocycles. The van der Waals surface area contributed by atoms with Gasteiger partial charge in [-0.25, -0.2) is 9.67 Å². The number of hydrogen-bond donors (Lipinski definition) is 0. The second kappa shape index (κ2) is 5.05. The number of hydrogen-bond acceptors (Lipinski definition) is 2. The van der Waals surface area contributed by atoms with Gasteiger partial charge in [0.05, 0.1) is 11.4 Å². The van der Waals surface area contributed by atoms with Gasteiger partial charge in [-0.2, -0.15) is 5.10 Å². The lowest BCUT2D eigenvalue weighted by molar-refractivity contribution is 0.803. The predicted molar refractivity (Wildman–Crippen MR) is 83.8 cm³/mol. The lowest BCUT2D eigenvalue weighted by atomic mass is 10.1. The molecule has 0 bridgehead atoms. The Morgan fingerprint density at radius 2 is 2.05 bits per heavy atom. The molecule has 0 aliphatic rings. The Labute approximate surface area is 126 Å². The molecule has 3 heterocycles. The molecule has 3 aromatic rings. The van der Waals surface area contributed by atoms with Gasteiger partial charge in [0, 0.05) is 17.2 Å². The van der Waals surface area contributed by atoms with Crippen LogP contribution in [0.4, 0.5) is 0 Å². The Kier molecular flexibility index (Phi) is 3.38. The van der Waals surface area contributed by atoms with Crippen molar-refractivity contribution in [3.05, 3.63) is 47.0 Å². The van der Waals surface area contributed by atoms with E-state index < -0.39 is 0 Å².